The van der Waals surface area contributed by atoms with Crippen LogP contribution in [0.3, 0.4) is 0 Å². The lowest BCUT2D eigenvalue weighted by Crippen LogP contribution is -2.10. The van der Waals surface area contributed by atoms with E-state index >= 15 is 0 Å². The number of aromatic nitrogens is 1. The van der Waals surface area contributed by atoms with Gasteiger partial charge in [-0.15, -0.1) is 0 Å². The molecule has 0 fully saturated rings. The van der Waals surface area contributed by atoms with Crippen LogP contribution in [-0.4, -0.2) is 24.7 Å². The molecule has 3 rings (SSSR count). The van der Waals surface area contributed by atoms with Gasteiger partial charge in [0, 0.05) is 11.6 Å². The van der Waals surface area contributed by atoms with E-state index in [2.05, 4.69) is 10.3 Å². The first-order valence-electron chi connectivity index (χ1n) is 8.42. The number of rotatable bonds is 5. The molecule has 0 radical (unpaired) electrons. The fraction of sp³-hybridized carbons (Fsp3) is 0.200. The Morgan fingerprint density at radius 3 is 2.61 bits per heavy atom. The third-order valence-electron chi connectivity index (χ3n) is 4.06. The molecule has 0 aliphatic rings. The fourth-order valence-electron chi connectivity index (χ4n) is 2.75. The maximum Gasteiger partial charge on any atom is 0.416 e. The Morgan fingerprint density at radius 1 is 1.18 bits per heavy atom. The zero-order valence-corrected chi connectivity index (χ0v) is 15.1. The van der Waals surface area contributed by atoms with Crippen LogP contribution >= 0.6 is 0 Å². The molecule has 1 heterocycles. The maximum absolute atomic E-state index is 13.0. The summed E-state index contributed by atoms with van der Waals surface area (Å²) in [7, 11) is 1.49. The first-order valence-corrected chi connectivity index (χ1v) is 8.42. The highest BCUT2D eigenvalue weighted by Crippen LogP contribution is 2.36. The number of ether oxygens (including phenoxy) is 2. The summed E-state index contributed by atoms with van der Waals surface area (Å²) in [5.74, 6) is -0.122. The van der Waals surface area contributed by atoms with Crippen LogP contribution in [0.25, 0.3) is 10.9 Å². The van der Waals surface area contributed by atoms with Gasteiger partial charge >= 0.3 is 12.1 Å². The van der Waals surface area contributed by atoms with Crippen molar-refractivity contribution in [2.75, 3.05) is 19.0 Å². The van der Waals surface area contributed by atoms with Crippen LogP contribution in [0.15, 0.2) is 48.7 Å². The van der Waals surface area contributed by atoms with Crippen LogP contribution in [-0.2, 0) is 10.9 Å². The number of anilines is 2. The second-order valence-electron chi connectivity index (χ2n) is 5.82. The van der Waals surface area contributed by atoms with Crippen LogP contribution in [0.1, 0.15) is 22.8 Å². The lowest BCUT2D eigenvalue weighted by atomic mass is 10.1. The number of esters is 1. The molecule has 0 saturated heterocycles. The zero-order chi connectivity index (χ0) is 20.3. The van der Waals surface area contributed by atoms with Gasteiger partial charge in [-0.1, -0.05) is 18.2 Å². The number of carbonyl (C=O) groups is 1. The molecule has 28 heavy (non-hydrogen) atoms. The van der Waals surface area contributed by atoms with E-state index in [1.54, 1.807) is 31.2 Å². The molecule has 1 aromatic heterocycles. The van der Waals surface area contributed by atoms with Crippen molar-refractivity contribution >= 4 is 28.2 Å². The minimum Gasteiger partial charge on any atom is -0.495 e. The molecule has 0 bridgehead atoms. The SMILES string of the molecule is CCOC(=O)c1cnc2cc(C(F)(F)F)ccc2c1Nc1ccccc1OC. The highest BCUT2D eigenvalue weighted by atomic mass is 19.4. The molecule has 1 N–H and O–H groups in total. The zero-order valence-electron chi connectivity index (χ0n) is 15.1. The quantitative estimate of drug-likeness (QED) is 0.608. The second-order valence-corrected chi connectivity index (χ2v) is 5.82. The maximum atomic E-state index is 13.0. The van der Waals surface area contributed by atoms with E-state index in [1.807, 2.05) is 0 Å². The van der Waals surface area contributed by atoms with E-state index in [9.17, 15) is 18.0 Å². The number of hydrogen-bond donors (Lipinski definition) is 1. The predicted octanol–water partition coefficient (Wildman–Crippen LogP) is 5.18. The molecular weight excluding hydrogens is 373 g/mol. The number of pyridine rings is 1. The number of alkyl halides is 3. The van der Waals surface area contributed by atoms with E-state index in [1.165, 1.54) is 19.4 Å². The lowest BCUT2D eigenvalue weighted by molar-refractivity contribution is -0.137. The predicted molar refractivity (Wildman–Crippen MR) is 99.0 cm³/mol. The molecule has 8 heteroatoms. The van der Waals surface area contributed by atoms with Gasteiger partial charge in [-0.25, -0.2) is 4.79 Å². The van der Waals surface area contributed by atoms with Gasteiger partial charge in [0.05, 0.1) is 36.2 Å². The van der Waals surface area contributed by atoms with Crippen molar-refractivity contribution in [3.63, 3.8) is 0 Å². The molecule has 3 aromatic rings. The summed E-state index contributed by atoms with van der Waals surface area (Å²) in [5.41, 5.74) is 0.226. The van der Waals surface area contributed by atoms with Crippen molar-refractivity contribution in [2.24, 2.45) is 0 Å². The largest absolute Gasteiger partial charge is 0.495 e. The van der Waals surface area contributed by atoms with E-state index in [0.29, 0.717) is 22.5 Å². The molecule has 0 unspecified atom stereocenters. The number of fused-ring (bicyclic) bond motifs is 1. The molecule has 0 spiro atoms. The fourth-order valence-corrected chi connectivity index (χ4v) is 2.75. The molecule has 0 saturated carbocycles. The molecule has 0 aliphatic carbocycles. The molecule has 0 atom stereocenters. The number of carbonyl (C=O) groups excluding carboxylic acids is 1. The number of nitrogens with one attached hydrogen (secondary N) is 1. The normalized spacial score (nSPS) is 11.3. The van der Waals surface area contributed by atoms with E-state index in [-0.39, 0.29) is 17.7 Å². The monoisotopic (exact) mass is 390 g/mol. The van der Waals surface area contributed by atoms with Gasteiger partial charge in [0.2, 0.25) is 0 Å². The van der Waals surface area contributed by atoms with Gasteiger partial charge in [0.25, 0.3) is 0 Å². The molecule has 2 aromatic carbocycles. The van der Waals surface area contributed by atoms with Crippen molar-refractivity contribution in [2.45, 2.75) is 13.1 Å². The molecule has 0 aliphatic heterocycles. The first kappa shape index (κ1) is 19.5. The number of hydrogen-bond acceptors (Lipinski definition) is 5. The summed E-state index contributed by atoms with van der Waals surface area (Å²) in [5, 5.41) is 3.44. The number of para-hydroxylation sites is 2. The first-order chi connectivity index (χ1) is 13.3. The Balaban J connectivity index is 2.19. The Labute approximate surface area is 159 Å². The minimum absolute atomic E-state index is 0.0975. The van der Waals surface area contributed by atoms with Crippen LogP contribution in [0.2, 0.25) is 0 Å². The molecular formula is C20H17F3N2O3. The topological polar surface area (TPSA) is 60.5 Å². The highest BCUT2D eigenvalue weighted by molar-refractivity contribution is 6.06. The summed E-state index contributed by atoms with van der Waals surface area (Å²) < 4.78 is 49.5. The summed E-state index contributed by atoms with van der Waals surface area (Å²) >= 11 is 0. The number of nitrogens with zero attached hydrogens (tertiary/aromatic N) is 1. The minimum atomic E-state index is -4.49. The summed E-state index contributed by atoms with van der Waals surface area (Å²) in [6.07, 6.45) is -3.29. The van der Waals surface area contributed by atoms with Gasteiger partial charge in [-0.05, 0) is 31.2 Å². The summed E-state index contributed by atoms with van der Waals surface area (Å²) in [4.78, 5) is 16.4. The molecule has 0 amide bonds. The number of benzene rings is 2. The number of halogens is 3. The van der Waals surface area contributed by atoms with Crippen molar-refractivity contribution in [1.29, 1.82) is 0 Å². The third kappa shape index (κ3) is 3.85. The van der Waals surface area contributed by atoms with E-state index < -0.39 is 17.7 Å². The summed E-state index contributed by atoms with van der Waals surface area (Å²) in [6, 6.07) is 10.2. The van der Waals surface area contributed by atoms with Crippen LogP contribution < -0.4 is 10.1 Å². The second kappa shape index (κ2) is 7.75. The Hall–Kier alpha value is -3.29. The van der Waals surface area contributed by atoms with Gasteiger partial charge in [0.1, 0.15) is 11.3 Å². The average Bonchev–Trinajstić information content (AvgIpc) is 2.67. The highest BCUT2D eigenvalue weighted by Gasteiger charge is 2.31. The smallest absolute Gasteiger partial charge is 0.416 e. The van der Waals surface area contributed by atoms with Crippen molar-refractivity contribution < 1.29 is 27.4 Å². The Morgan fingerprint density at radius 2 is 1.93 bits per heavy atom. The Kier molecular flexibility index (Phi) is 5.39. The van der Waals surface area contributed by atoms with E-state index in [4.69, 9.17) is 9.47 Å². The van der Waals surface area contributed by atoms with Crippen molar-refractivity contribution in [3.05, 3.63) is 59.8 Å². The summed E-state index contributed by atoms with van der Waals surface area (Å²) in [6.45, 7) is 1.81. The van der Waals surface area contributed by atoms with E-state index in [0.717, 1.165) is 12.1 Å². The van der Waals surface area contributed by atoms with Crippen LogP contribution in [0, 0.1) is 0 Å². The van der Waals surface area contributed by atoms with Gasteiger partial charge in [-0.2, -0.15) is 13.2 Å². The average molecular weight is 390 g/mol. The molecule has 146 valence electrons. The lowest BCUT2D eigenvalue weighted by Gasteiger charge is -2.17. The van der Waals surface area contributed by atoms with Gasteiger partial charge in [-0.3, -0.25) is 4.98 Å². The standard InChI is InChI=1S/C20H17F3N2O3/c1-3-28-19(26)14-11-24-16-10-12(20(21,22)23)8-9-13(16)18(14)25-15-6-4-5-7-17(15)27-2/h4-11H,3H2,1-2H3,(H,24,25). The van der Waals surface area contributed by atoms with Crippen molar-refractivity contribution in [3.8, 4) is 5.75 Å². The van der Waals surface area contributed by atoms with Crippen LogP contribution in [0.5, 0.6) is 5.75 Å². The van der Waals surface area contributed by atoms with Crippen molar-refractivity contribution in [1.82, 2.24) is 4.98 Å². The third-order valence-corrected chi connectivity index (χ3v) is 4.06. The van der Waals surface area contributed by atoms with Gasteiger partial charge < -0.3 is 14.8 Å². The Bertz CT molecular complexity index is 1020. The van der Waals surface area contributed by atoms with Gasteiger partial charge in [0.15, 0.2) is 0 Å². The molecule has 5 nitrogen and oxygen atoms in total. The van der Waals surface area contributed by atoms with Crippen LogP contribution in [0.4, 0.5) is 24.5 Å². The number of methoxy groups -OCH3 is 1.